The molecular formula is C25H50N6O2. The summed E-state index contributed by atoms with van der Waals surface area (Å²) in [4.78, 5) is 28.2. The molecule has 0 bridgehead atoms. The first-order chi connectivity index (χ1) is 14.9. The number of hydrogen-bond donors (Lipinski definition) is 4. The number of amides is 2. The lowest BCUT2D eigenvalue weighted by Crippen LogP contribution is -2.72. The van der Waals surface area contributed by atoms with Crippen LogP contribution in [0.1, 0.15) is 87.5 Å². The highest BCUT2D eigenvalue weighted by Crippen LogP contribution is 2.33. The lowest BCUT2D eigenvalue weighted by Gasteiger charge is -2.55. The van der Waals surface area contributed by atoms with E-state index in [9.17, 15) is 9.59 Å². The van der Waals surface area contributed by atoms with Crippen molar-refractivity contribution in [2.24, 2.45) is 0 Å². The molecule has 0 aliphatic carbocycles. The van der Waals surface area contributed by atoms with Gasteiger partial charge in [-0.15, -0.1) is 0 Å². The Kier molecular flexibility index (Phi) is 8.99. The fourth-order valence-corrected chi connectivity index (χ4v) is 5.74. The van der Waals surface area contributed by atoms with E-state index in [1.807, 2.05) is 0 Å². The van der Waals surface area contributed by atoms with E-state index in [1.165, 1.54) is 0 Å². The van der Waals surface area contributed by atoms with Gasteiger partial charge in [0, 0.05) is 50.1 Å². The highest BCUT2D eigenvalue weighted by molar-refractivity contribution is 5.79. The van der Waals surface area contributed by atoms with Crippen molar-refractivity contribution in [2.75, 3.05) is 39.3 Å². The Labute approximate surface area is 202 Å². The maximum Gasteiger partial charge on any atom is 0.225 e. The number of nitrogens with zero attached hydrogens (tertiary/aromatic N) is 2. The van der Waals surface area contributed by atoms with Crippen LogP contribution in [0.15, 0.2) is 0 Å². The Balaban J connectivity index is 0.000000227. The van der Waals surface area contributed by atoms with Gasteiger partial charge in [0.25, 0.3) is 0 Å². The van der Waals surface area contributed by atoms with Crippen LogP contribution < -0.4 is 21.3 Å². The van der Waals surface area contributed by atoms with Crippen molar-refractivity contribution in [1.82, 2.24) is 31.1 Å². The number of carbonyl (C=O) groups excluding carboxylic acids is 2. The van der Waals surface area contributed by atoms with Gasteiger partial charge in [-0.3, -0.25) is 25.1 Å². The summed E-state index contributed by atoms with van der Waals surface area (Å²) in [5.74, 6) is 0.496. The van der Waals surface area contributed by atoms with Gasteiger partial charge in [-0.05, 0) is 80.3 Å². The third-order valence-corrected chi connectivity index (χ3v) is 7.33. The van der Waals surface area contributed by atoms with E-state index in [0.29, 0.717) is 18.7 Å². The van der Waals surface area contributed by atoms with Crippen LogP contribution in [0, 0.1) is 0 Å². The van der Waals surface area contributed by atoms with Gasteiger partial charge >= 0.3 is 0 Å². The Bertz CT molecular complexity index is 662. The van der Waals surface area contributed by atoms with Crippen LogP contribution in [-0.4, -0.2) is 83.3 Å². The van der Waals surface area contributed by atoms with Crippen molar-refractivity contribution in [3.05, 3.63) is 0 Å². The van der Waals surface area contributed by atoms with Crippen molar-refractivity contribution < 1.29 is 9.59 Å². The summed E-state index contributed by atoms with van der Waals surface area (Å²) in [6.07, 6.45) is 5.29. The Morgan fingerprint density at radius 2 is 1.33 bits per heavy atom. The highest BCUT2D eigenvalue weighted by atomic mass is 16.2. The second-order valence-corrected chi connectivity index (χ2v) is 11.8. The minimum Gasteiger partial charge on any atom is -0.338 e. The zero-order valence-corrected chi connectivity index (χ0v) is 21.2. The first kappa shape index (κ1) is 28.0. The highest BCUT2D eigenvalue weighted by Gasteiger charge is 2.47. The lowest BCUT2D eigenvalue weighted by atomic mass is 9.88. The summed E-state index contributed by atoms with van der Waals surface area (Å²) in [5, 5.41) is 13.6. The molecule has 0 aromatic carbocycles. The van der Waals surface area contributed by atoms with Gasteiger partial charge in [-0.1, -0.05) is 7.43 Å². The normalized spacial score (nSPS) is 25.7. The second kappa shape index (κ2) is 10.6. The molecule has 8 nitrogen and oxygen atoms in total. The van der Waals surface area contributed by atoms with Gasteiger partial charge < -0.3 is 15.5 Å². The summed E-state index contributed by atoms with van der Waals surface area (Å²) >= 11 is 0. The molecule has 0 saturated carbocycles. The number of rotatable bonds is 0. The number of nitrogens with one attached hydrogen (secondary N) is 4. The number of hydrogen-bond acceptors (Lipinski definition) is 6. The maximum absolute atomic E-state index is 12.2. The largest absolute Gasteiger partial charge is 0.338 e. The van der Waals surface area contributed by atoms with Crippen LogP contribution in [0.5, 0.6) is 0 Å². The monoisotopic (exact) mass is 466 g/mol. The van der Waals surface area contributed by atoms with E-state index >= 15 is 0 Å². The SMILES string of the molecule is C.CC(C)(C)N1C(=O)CCNC12CCNCC2.CC(C)(C)N1CCC2(CC1)NCCC(=O)N2. The first-order valence-electron chi connectivity index (χ1n) is 12.5. The molecule has 0 radical (unpaired) electrons. The summed E-state index contributed by atoms with van der Waals surface area (Å²) in [6, 6.07) is 0. The third kappa shape index (κ3) is 6.68. The molecule has 4 aliphatic heterocycles. The average Bonchev–Trinajstić information content (AvgIpc) is 2.67. The quantitative estimate of drug-likeness (QED) is 0.437. The molecule has 4 saturated heterocycles. The van der Waals surface area contributed by atoms with Gasteiger partial charge in [0.15, 0.2) is 0 Å². The van der Waals surface area contributed by atoms with Crippen molar-refractivity contribution in [3.8, 4) is 0 Å². The van der Waals surface area contributed by atoms with Gasteiger partial charge in [0.05, 0.1) is 11.3 Å². The molecule has 0 aromatic heterocycles. The fourth-order valence-electron chi connectivity index (χ4n) is 5.74. The van der Waals surface area contributed by atoms with E-state index in [1.54, 1.807) is 0 Å². The van der Waals surface area contributed by atoms with Crippen molar-refractivity contribution in [3.63, 3.8) is 0 Å². The molecule has 33 heavy (non-hydrogen) atoms. The van der Waals surface area contributed by atoms with Gasteiger partial charge in [-0.25, -0.2) is 0 Å². The molecule has 2 amide bonds. The summed E-state index contributed by atoms with van der Waals surface area (Å²) in [6.45, 7) is 18.9. The van der Waals surface area contributed by atoms with Crippen molar-refractivity contribution in [2.45, 2.75) is 110 Å². The third-order valence-electron chi connectivity index (χ3n) is 7.33. The number of carbonyl (C=O) groups is 2. The minimum atomic E-state index is -0.114. The van der Waals surface area contributed by atoms with Gasteiger partial charge in [0.2, 0.25) is 11.8 Å². The standard InChI is InChI=1S/2C12H23N3O.CH4/c1-11(2,3)15-10(16)4-7-14-12(15)5-8-13-9-6-12;1-11(2,3)15-8-5-12(6-9-15)13-7-4-10(16)14-12;/h13-14H,4-9H2,1-3H3;13H,4-9H2,1-3H3,(H,14,16);1H4. The van der Waals surface area contributed by atoms with E-state index in [4.69, 9.17) is 0 Å². The number of piperidine rings is 2. The maximum atomic E-state index is 12.2. The summed E-state index contributed by atoms with van der Waals surface area (Å²) < 4.78 is 0. The van der Waals surface area contributed by atoms with Crippen LogP contribution >= 0.6 is 0 Å². The topological polar surface area (TPSA) is 88.7 Å². The van der Waals surface area contributed by atoms with E-state index in [2.05, 4.69) is 72.6 Å². The smallest absolute Gasteiger partial charge is 0.225 e. The first-order valence-corrected chi connectivity index (χ1v) is 12.5. The average molecular weight is 467 g/mol. The molecule has 4 heterocycles. The molecule has 2 spiro atoms. The minimum absolute atomic E-state index is 0. The molecule has 4 fully saturated rings. The molecule has 0 aromatic rings. The van der Waals surface area contributed by atoms with Crippen LogP contribution in [0.2, 0.25) is 0 Å². The predicted molar refractivity (Wildman–Crippen MR) is 135 cm³/mol. The van der Waals surface area contributed by atoms with E-state index < -0.39 is 0 Å². The molecule has 192 valence electrons. The van der Waals surface area contributed by atoms with Crippen LogP contribution in [0.3, 0.4) is 0 Å². The predicted octanol–water partition coefficient (Wildman–Crippen LogP) is 2.01. The molecule has 4 rings (SSSR count). The molecular weight excluding hydrogens is 416 g/mol. The zero-order valence-electron chi connectivity index (χ0n) is 21.2. The van der Waals surface area contributed by atoms with Crippen molar-refractivity contribution in [1.29, 1.82) is 0 Å². The molecule has 4 aliphatic rings. The molecule has 0 unspecified atom stereocenters. The van der Waals surface area contributed by atoms with Crippen LogP contribution in [0.25, 0.3) is 0 Å². The fraction of sp³-hybridized carbons (Fsp3) is 0.920. The molecule has 4 N–H and O–H groups in total. The van der Waals surface area contributed by atoms with Gasteiger partial charge in [0.1, 0.15) is 0 Å². The zero-order chi connectivity index (χ0) is 23.6. The molecule has 8 heteroatoms. The lowest BCUT2D eigenvalue weighted by molar-refractivity contribution is -0.155. The summed E-state index contributed by atoms with van der Waals surface area (Å²) in [7, 11) is 0. The summed E-state index contributed by atoms with van der Waals surface area (Å²) in [5.41, 5.74) is -0.0714. The van der Waals surface area contributed by atoms with Crippen molar-refractivity contribution >= 4 is 11.8 Å². The van der Waals surface area contributed by atoms with E-state index in [-0.39, 0.29) is 35.7 Å². The molecule has 0 atom stereocenters. The Hall–Kier alpha value is -1.22. The van der Waals surface area contributed by atoms with Gasteiger partial charge in [-0.2, -0.15) is 0 Å². The van der Waals surface area contributed by atoms with Crippen LogP contribution in [-0.2, 0) is 9.59 Å². The number of likely N-dealkylation sites (tertiary alicyclic amines) is 1. The van der Waals surface area contributed by atoms with Crippen LogP contribution in [0.4, 0.5) is 0 Å². The Morgan fingerprint density at radius 3 is 1.85 bits per heavy atom. The Morgan fingerprint density at radius 1 is 0.758 bits per heavy atom. The van der Waals surface area contributed by atoms with E-state index in [0.717, 1.165) is 65.0 Å². The second-order valence-electron chi connectivity index (χ2n) is 11.8.